The first-order valence-electron chi connectivity index (χ1n) is 6.03. The summed E-state index contributed by atoms with van der Waals surface area (Å²) in [5.41, 5.74) is 5.68. The zero-order valence-electron chi connectivity index (χ0n) is 10.0. The van der Waals surface area contributed by atoms with Crippen LogP contribution in [0.3, 0.4) is 0 Å². The lowest BCUT2D eigenvalue weighted by Gasteiger charge is -2.33. The normalized spacial score (nSPS) is 22.0. The smallest absolute Gasteiger partial charge is 0.243 e. The Bertz CT molecular complexity index is 501. The summed E-state index contributed by atoms with van der Waals surface area (Å²) < 4.78 is 27.5. The molecule has 1 unspecified atom stereocenters. The van der Waals surface area contributed by atoms with Crippen LogP contribution in [0, 0.1) is 0 Å². The number of piperidine rings is 1. The first-order valence-corrected chi connectivity index (χ1v) is 8.26. The second-order valence-corrected chi connectivity index (χ2v) is 7.26. The molecule has 18 heavy (non-hydrogen) atoms. The standard InChI is InChI=1S/C12H17BrN2O2S/c13-10-4-6-12(7-5-10)18(16,17)15-8-2-1-3-11(15)9-14/h4-7,11H,1-3,8-9,14H2. The van der Waals surface area contributed by atoms with Crippen molar-refractivity contribution in [2.75, 3.05) is 13.1 Å². The average molecular weight is 333 g/mol. The third-order valence-electron chi connectivity index (χ3n) is 3.27. The van der Waals surface area contributed by atoms with Crippen molar-refractivity contribution in [2.24, 2.45) is 5.73 Å². The third-order valence-corrected chi connectivity index (χ3v) is 5.76. The fraction of sp³-hybridized carbons (Fsp3) is 0.500. The van der Waals surface area contributed by atoms with E-state index < -0.39 is 10.0 Å². The van der Waals surface area contributed by atoms with Gasteiger partial charge in [0.1, 0.15) is 0 Å². The summed E-state index contributed by atoms with van der Waals surface area (Å²) in [6.45, 7) is 0.954. The maximum absolute atomic E-state index is 12.5. The third kappa shape index (κ3) is 2.77. The van der Waals surface area contributed by atoms with Crippen LogP contribution in [-0.2, 0) is 10.0 Å². The van der Waals surface area contributed by atoms with Gasteiger partial charge in [-0.25, -0.2) is 8.42 Å². The molecule has 100 valence electrons. The van der Waals surface area contributed by atoms with Crippen LogP contribution in [0.5, 0.6) is 0 Å². The molecule has 0 bridgehead atoms. The molecule has 1 aliphatic heterocycles. The summed E-state index contributed by atoms with van der Waals surface area (Å²) in [4.78, 5) is 0.339. The van der Waals surface area contributed by atoms with Gasteiger partial charge in [0, 0.05) is 23.6 Å². The van der Waals surface area contributed by atoms with Crippen LogP contribution in [0.4, 0.5) is 0 Å². The van der Waals surface area contributed by atoms with Gasteiger partial charge in [0.25, 0.3) is 0 Å². The van der Waals surface area contributed by atoms with E-state index in [1.165, 1.54) is 0 Å². The van der Waals surface area contributed by atoms with E-state index in [4.69, 9.17) is 5.73 Å². The SMILES string of the molecule is NCC1CCCCN1S(=O)(=O)c1ccc(Br)cc1. The van der Waals surface area contributed by atoms with E-state index in [1.54, 1.807) is 28.6 Å². The van der Waals surface area contributed by atoms with E-state index in [9.17, 15) is 8.42 Å². The lowest BCUT2D eigenvalue weighted by molar-refractivity contribution is 0.257. The van der Waals surface area contributed by atoms with Crippen LogP contribution in [0.2, 0.25) is 0 Å². The van der Waals surface area contributed by atoms with E-state index in [-0.39, 0.29) is 6.04 Å². The highest BCUT2D eigenvalue weighted by Gasteiger charge is 2.32. The summed E-state index contributed by atoms with van der Waals surface area (Å²) in [5, 5.41) is 0. The van der Waals surface area contributed by atoms with Gasteiger partial charge in [-0.05, 0) is 37.1 Å². The zero-order valence-corrected chi connectivity index (χ0v) is 12.5. The number of benzene rings is 1. The highest BCUT2D eigenvalue weighted by atomic mass is 79.9. The predicted molar refractivity (Wildman–Crippen MR) is 74.7 cm³/mol. The predicted octanol–water partition coefficient (Wildman–Crippen LogP) is 1.95. The summed E-state index contributed by atoms with van der Waals surface area (Å²) in [6, 6.07) is 6.68. The van der Waals surface area contributed by atoms with Crippen molar-refractivity contribution in [2.45, 2.75) is 30.2 Å². The molecule has 6 heteroatoms. The molecular weight excluding hydrogens is 316 g/mol. The number of sulfonamides is 1. The van der Waals surface area contributed by atoms with Crippen LogP contribution in [-0.4, -0.2) is 31.9 Å². The molecule has 0 spiro atoms. The topological polar surface area (TPSA) is 63.4 Å². The summed E-state index contributed by atoms with van der Waals surface area (Å²) >= 11 is 3.31. The summed E-state index contributed by atoms with van der Waals surface area (Å²) in [7, 11) is -3.41. The van der Waals surface area contributed by atoms with Gasteiger partial charge in [0.15, 0.2) is 0 Å². The van der Waals surface area contributed by atoms with Crippen LogP contribution in [0.25, 0.3) is 0 Å². The lowest BCUT2D eigenvalue weighted by atomic mass is 10.1. The Morgan fingerprint density at radius 2 is 1.94 bits per heavy atom. The van der Waals surface area contributed by atoms with Crippen molar-refractivity contribution < 1.29 is 8.42 Å². The molecule has 1 heterocycles. The molecule has 0 amide bonds. The Morgan fingerprint density at radius 3 is 2.56 bits per heavy atom. The Labute approximate surface area is 116 Å². The minimum atomic E-state index is -3.41. The summed E-state index contributed by atoms with van der Waals surface area (Å²) in [6.07, 6.45) is 2.81. The molecule has 1 fully saturated rings. The fourth-order valence-electron chi connectivity index (χ4n) is 2.27. The number of nitrogens with zero attached hydrogens (tertiary/aromatic N) is 1. The fourth-order valence-corrected chi connectivity index (χ4v) is 4.24. The van der Waals surface area contributed by atoms with Gasteiger partial charge >= 0.3 is 0 Å². The van der Waals surface area contributed by atoms with Crippen LogP contribution in [0.1, 0.15) is 19.3 Å². The Morgan fingerprint density at radius 1 is 1.28 bits per heavy atom. The zero-order chi connectivity index (χ0) is 13.2. The van der Waals surface area contributed by atoms with Gasteiger partial charge < -0.3 is 5.73 Å². The van der Waals surface area contributed by atoms with Gasteiger partial charge in [-0.2, -0.15) is 4.31 Å². The number of halogens is 1. The Hall–Kier alpha value is -0.430. The van der Waals surface area contributed by atoms with Crippen molar-refractivity contribution in [3.05, 3.63) is 28.7 Å². The Balaban J connectivity index is 2.32. The molecule has 0 saturated carbocycles. The van der Waals surface area contributed by atoms with Crippen molar-refractivity contribution in [1.82, 2.24) is 4.31 Å². The van der Waals surface area contributed by atoms with Crippen LogP contribution < -0.4 is 5.73 Å². The molecule has 0 aromatic heterocycles. The number of hydrogen-bond donors (Lipinski definition) is 1. The summed E-state index contributed by atoms with van der Waals surface area (Å²) in [5.74, 6) is 0. The van der Waals surface area contributed by atoms with E-state index in [0.717, 1.165) is 23.7 Å². The Kier molecular flexibility index (Phi) is 4.42. The highest BCUT2D eigenvalue weighted by Crippen LogP contribution is 2.25. The van der Waals surface area contributed by atoms with Crippen molar-refractivity contribution in [3.63, 3.8) is 0 Å². The highest BCUT2D eigenvalue weighted by molar-refractivity contribution is 9.10. The van der Waals surface area contributed by atoms with Crippen LogP contribution in [0.15, 0.2) is 33.6 Å². The molecule has 2 rings (SSSR count). The molecular formula is C12H17BrN2O2S. The minimum absolute atomic E-state index is 0.0626. The van der Waals surface area contributed by atoms with Gasteiger partial charge in [-0.15, -0.1) is 0 Å². The van der Waals surface area contributed by atoms with E-state index in [1.807, 2.05) is 0 Å². The quantitative estimate of drug-likeness (QED) is 0.920. The maximum Gasteiger partial charge on any atom is 0.243 e. The van der Waals surface area contributed by atoms with Crippen molar-refractivity contribution >= 4 is 26.0 Å². The van der Waals surface area contributed by atoms with Crippen molar-refractivity contribution in [3.8, 4) is 0 Å². The van der Waals surface area contributed by atoms with Crippen LogP contribution >= 0.6 is 15.9 Å². The molecule has 1 aromatic carbocycles. The molecule has 1 aromatic rings. The monoisotopic (exact) mass is 332 g/mol. The molecule has 1 saturated heterocycles. The van der Waals surface area contributed by atoms with Gasteiger partial charge in [-0.1, -0.05) is 22.4 Å². The first-order chi connectivity index (χ1) is 8.55. The number of nitrogens with two attached hydrogens (primary N) is 1. The molecule has 1 atom stereocenters. The average Bonchev–Trinajstić information content (AvgIpc) is 2.39. The van der Waals surface area contributed by atoms with Gasteiger partial charge in [-0.3, -0.25) is 0 Å². The van der Waals surface area contributed by atoms with Gasteiger partial charge in [0.05, 0.1) is 4.90 Å². The van der Waals surface area contributed by atoms with E-state index >= 15 is 0 Å². The molecule has 0 radical (unpaired) electrons. The minimum Gasteiger partial charge on any atom is -0.329 e. The lowest BCUT2D eigenvalue weighted by Crippen LogP contribution is -2.47. The van der Waals surface area contributed by atoms with Crippen molar-refractivity contribution in [1.29, 1.82) is 0 Å². The number of hydrogen-bond acceptors (Lipinski definition) is 3. The van der Waals surface area contributed by atoms with Gasteiger partial charge in [0.2, 0.25) is 10.0 Å². The molecule has 0 aliphatic carbocycles. The first kappa shape index (κ1) is 14.0. The van der Waals surface area contributed by atoms with E-state index in [0.29, 0.717) is 18.0 Å². The molecule has 4 nitrogen and oxygen atoms in total. The largest absolute Gasteiger partial charge is 0.329 e. The molecule has 1 aliphatic rings. The number of rotatable bonds is 3. The maximum atomic E-state index is 12.5. The van der Waals surface area contributed by atoms with E-state index in [2.05, 4.69) is 15.9 Å². The second-order valence-electron chi connectivity index (χ2n) is 4.45. The second kappa shape index (κ2) is 5.69. The molecule has 2 N–H and O–H groups in total.